The molecule has 7 nitrogen and oxygen atoms in total. The van der Waals surface area contributed by atoms with Crippen LogP contribution in [-0.4, -0.2) is 43.4 Å². The first-order valence-electron chi connectivity index (χ1n) is 14.7. The van der Waals surface area contributed by atoms with E-state index in [1.54, 1.807) is 26.8 Å². The number of Topliss-reactive ketones (excluding diaryl/α,β-unsaturated/α-hetero) is 3. The summed E-state index contributed by atoms with van der Waals surface area (Å²) in [6.45, 7) is 8.12. The van der Waals surface area contributed by atoms with Gasteiger partial charge in [0.1, 0.15) is 22.8 Å². The molecule has 1 unspecified atom stereocenters. The lowest BCUT2D eigenvalue weighted by molar-refractivity contribution is -0.178. The molecule has 0 spiro atoms. The van der Waals surface area contributed by atoms with Gasteiger partial charge in [-0.05, 0) is 54.0 Å². The molecule has 0 heterocycles. The fourth-order valence-corrected chi connectivity index (χ4v) is 8.53. The molecule has 1 fully saturated rings. The summed E-state index contributed by atoms with van der Waals surface area (Å²) in [4.78, 5) is 40.7. The van der Waals surface area contributed by atoms with Gasteiger partial charge in [-0.15, -0.1) is 0 Å². The van der Waals surface area contributed by atoms with E-state index in [2.05, 4.69) is 12.2 Å². The van der Waals surface area contributed by atoms with E-state index in [-0.39, 0.29) is 41.6 Å². The number of ketones is 3. The number of fused-ring (bicyclic) bond motifs is 3. The predicted octanol–water partition coefficient (Wildman–Crippen LogP) is 6.07. The molecule has 0 bridgehead atoms. The van der Waals surface area contributed by atoms with E-state index in [0.29, 0.717) is 5.56 Å². The van der Waals surface area contributed by atoms with Gasteiger partial charge in [0.2, 0.25) is 5.78 Å². The predicted molar refractivity (Wildman–Crippen MR) is 162 cm³/mol. The van der Waals surface area contributed by atoms with Crippen molar-refractivity contribution in [3.63, 3.8) is 0 Å². The Hall–Kier alpha value is -4.23. The smallest absolute Gasteiger partial charge is 0.203 e. The summed E-state index contributed by atoms with van der Waals surface area (Å²) in [5, 5.41) is 46.2. The van der Waals surface area contributed by atoms with E-state index in [0.717, 1.165) is 23.6 Å². The lowest BCUT2D eigenvalue weighted by Crippen LogP contribution is -2.69. The first kappa shape index (κ1) is 28.9. The van der Waals surface area contributed by atoms with Gasteiger partial charge in [-0.1, -0.05) is 82.3 Å². The largest absolute Gasteiger partial charge is 0.508 e. The highest BCUT2D eigenvalue weighted by Gasteiger charge is 2.72. The third-order valence-corrected chi connectivity index (χ3v) is 10.2. The molecule has 0 amide bonds. The summed E-state index contributed by atoms with van der Waals surface area (Å²) in [6, 6.07) is 11.3. The van der Waals surface area contributed by atoms with Gasteiger partial charge in [0.25, 0.3) is 0 Å². The van der Waals surface area contributed by atoms with Crippen LogP contribution in [0, 0.1) is 22.7 Å². The van der Waals surface area contributed by atoms with Crippen molar-refractivity contribution in [1.82, 2.24) is 0 Å². The second-order valence-corrected chi connectivity index (χ2v) is 13.4. The maximum atomic E-state index is 14.5. The van der Waals surface area contributed by atoms with Crippen molar-refractivity contribution in [1.29, 1.82) is 0 Å². The molecule has 2 aromatic rings. The first-order chi connectivity index (χ1) is 20.2. The lowest BCUT2D eigenvalue weighted by Gasteiger charge is -2.59. The Bertz CT molecular complexity index is 1730. The summed E-state index contributed by atoms with van der Waals surface area (Å²) in [7, 11) is 0. The van der Waals surface area contributed by atoms with Crippen molar-refractivity contribution < 1.29 is 34.8 Å². The SMILES string of the molecule is CC(=O)C1=C(O)[C@]2(O)C(=O)C3=C(O)c4c(O)ccc(-c5ccc(C6C=CC=C6)cc5)c4C[C@]3(C)C[C@]2(C)C(C(C)C)C1=O. The first-order valence-corrected chi connectivity index (χ1v) is 14.7. The highest BCUT2D eigenvalue weighted by atomic mass is 16.3. The third-order valence-electron chi connectivity index (χ3n) is 10.2. The molecule has 1 saturated carbocycles. The minimum absolute atomic E-state index is 0.0548. The Morgan fingerprint density at radius 2 is 1.58 bits per heavy atom. The van der Waals surface area contributed by atoms with Gasteiger partial charge in [-0.2, -0.15) is 0 Å². The van der Waals surface area contributed by atoms with Crippen molar-refractivity contribution in [2.45, 2.75) is 59.0 Å². The minimum Gasteiger partial charge on any atom is -0.508 e. The number of rotatable bonds is 4. The quantitative estimate of drug-likeness (QED) is 0.323. The molecule has 2 aromatic carbocycles. The molecular weight excluding hydrogens is 544 g/mol. The normalized spacial score (nSPS) is 30.2. The zero-order chi connectivity index (χ0) is 31.2. The molecule has 4 N–H and O–H groups in total. The maximum Gasteiger partial charge on any atom is 0.203 e. The zero-order valence-electron chi connectivity index (χ0n) is 24.9. The van der Waals surface area contributed by atoms with Crippen molar-refractivity contribution in [2.75, 3.05) is 0 Å². The van der Waals surface area contributed by atoms with Crippen molar-refractivity contribution in [3.05, 3.63) is 94.3 Å². The molecule has 6 rings (SSSR count). The number of phenols is 1. The number of carbonyl (C=O) groups excluding carboxylic acids is 3. The van der Waals surface area contributed by atoms with Crippen LogP contribution < -0.4 is 0 Å². The molecule has 0 aliphatic heterocycles. The standard InChI is InChI=1S/C36H36O7/c1-18(2)28-30(39)26(19(3)37)32(41)36(43)33(42)29-31(40)27-24(16-34(29,4)17-35(28,36)5)23(14-15-25(27)38)22-12-10-21(11-13-22)20-8-6-7-9-20/h6-15,18,20,28,38,40-41,43H,16-17H2,1-5H3/t28?,34-,35-,36+/m1/s1. The number of allylic oxidation sites excluding steroid dienone is 5. The fourth-order valence-electron chi connectivity index (χ4n) is 8.53. The fraction of sp³-hybridized carbons (Fsp3) is 0.361. The van der Waals surface area contributed by atoms with Gasteiger partial charge >= 0.3 is 0 Å². The second-order valence-electron chi connectivity index (χ2n) is 13.4. The number of aromatic hydroxyl groups is 1. The van der Waals surface area contributed by atoms with E-state index in [1.165, 1.54) is 6.07 Å². The average Bonchev–Trinajstić information content (AvgIpc) is 3.46. The summed E-state index contributed by atoms with van der Waals surface area (Å²) in [5.41, 5.74) is -2.37. The van der Waals surface area contributed by atoms with E-state index in [1.807, 2.05) is 43.3 Å². The Morgan fingerprint density at radius 1 is 0.953 bits per heavy atom. The maximum absolute atomic E-state index is 14.5. The van der Waals surface area contributed by atoms with E-state index < -0.39 is 56.8 Å². The van der Waals surface area contributed by atoms with Crippen LogP contribution in [0.15, 0.2) is 77.6 Å². The average molecular weight is 581 g/mol. The molecule has 4 atom stereocenters. The summed E-state index contributed by atoms with van der Waals surface area (Å²) < 4.78 is 0. The molecule has 4 aliphatic rings. The van der Waals surface area contributed by atoms with E-state index >= 15 is 0 Å². The number of hydrogen-bond acceptors (Lipinski definition) is 7. The zero-order valence-corrected chi connectivity index (χ0v) is 24.9. The minimum atomic E-state index is -2.62. The molecule has 0 radical (unpaired) electrons. The monoisotopic (exact) mass is 580 g/mol. The number of aliphatic hydroxyl groups excluding tert-OH is 2. The van der Waals surface area contributed by atoms with Crippen LogP contribution in [0.2, 0.25) is 0 Å². The number of aliphatic hydroxyl groups is 3. The van der Waals surface area contributed by atoms with Crippen molar-refractivity contribution in [2.24, 2.45) is 22.7 Å². The number of carbonyl (C=O) groups is 3. The van der Waals surface area contributed by atoms with Crippen LogP contribution in [-0.2, 0) is 20.8 Å². The summed E-state index contributed by atoms with van der Waals surface area (Å²) in [5.74, 6) is -5.09. The van der Waals surface area contributed by atoms with Crippen molar-refractivity contribution in [3.8, 4) is 16.9 Å². The van der Waals surface area contributed by atoms with E-state index in [4.69, 9.17) is 0 Å². The highest BCUT2D eigenvalue weighted by molar-refractivity contribution is 6.24. The number of phenolic OH excluding ortho intramolecular Hbond substituents is 1. The second kappa shape index (κ2) is 9.38. The van der Waals surface area contributed by atoms with Gasteiger partial charge in [0, 0.05) is 28.2 Å². The summed E-state index contributed by atoms with van der Waals surface area (Å²) in [6.07, 6.45) is 8.51. The highest BCUT2D eigenvalue weighted by Crippen LogP contribution is 2.65. The topological polar surface area (TPSA) is 132 Å². The summed E-state index contributed by atoms with van der Waals surface area (Å²) >= 11 is 0. The van der Waals surface area contributed by atoms with Crippen LogP contribution in [0.25, 0.3) is 16.9 Å². The molecule has 43 heavy (non-hydrogen) atoms. The van der Waals surface area contributed by atoms with Gasteiger partial charge in [0.15, 0.2) is 17.2 Å². The Morgan fingerprint density at radius 3 is 2.16 bits per heavy atom. The van der Waals surface area contributed by atoms with Gasteiger partial charge in [-0.3, -0.25) is 14.4 Å². The molecule has 0 aromatic heterocycles. The number of hydrogen-bond donors (Lipinski definition) is 4. The van der Waals surface area contributed by atoms with Crippen LogP contribution >= 0.6 is 0 Å². The van der Waals surface area contributed by atoms with Crippen LogP contribution in [0.3, 0.4) is 0 Å². The molecule has 7 heteroatoms. The molecule has 4 aliphatic carbocycles. The Balaban J connectivity index is 1.56. The van der Waals surface area contributed by atoms with Gasteiger partial charge < -0.3 is 20.4 Å². The van der Waals surface area contributed by atoms with Crippen LogP contribution in [0.4, 0.5) is 0 Å². The lowest BCUT2D eigenvalue weighted by atomic mass is 9.43. The third kappa shape index (κ3) is 3.73. The molecular formula is C36H36O7. The molecule has 0 saturated heterocycles. The molecule has 222 valence electrons. The Labute approximate surface area is 250 Å². The van der Waals surface area contributed by atoms with Crippen molar-refractivity contribution >= 4 is 23.1 Å². The number of benzene rings is 2. The van der Waals surface area contributed by atoms with Gasteiger partial charge in [-0.25, -0.2) is 0 Å². The Kier molecular flexibility index (Phi) is 6.30. The van der Waals surface area contributed by atoms with E-state index in [9.17, 15) is 34.8 Å². The van der Waals surface area contributed by atoms with Crippen LogP contribution in [0.5, 0.6) is 5.75 Å². The van der Waals surface area contributed by atoms with Crippen LogP contribution in [0.1, 0.15) is 63.6 Å². The van der Waals surface area contributed by atoms with Gasteiger partial charge in [0.05, 0.1) is 5.56 Å².